The second kappa shape index (κ2) is 7.13. The van der Waals surface area contributed by atoms with Crippen LogP contribution in [0.25, 0.3) is 0 Å². The Morgan fingerprint density at radius 2 is 1.88 bits per heavy atom. The zero-order valence-corrected chi connectivity index (χ0v) is 14.1. The normalized spacial score (nSPS) is 18.7. The van der Waals surface area contributed by atoms with E-state index in [1.165, 1.54) is 18.2 Å². The van der Waals surface area contributed by atoms with E-state index in [0.717, 1.165) is 12.8 Å². The van der Waals surface area contributed by atoms with E-state index in [0.29, 0.717) is 18.2 Å². The van der Waals surface area contributed by atoms with Gasteiger partial charge in [0.2, 0.25) is 0 Å². The van der Waals surface area contributed by atoms with Gasteiger partial charge < -0.3 is 10.2 Å². The number of anilines is 1. The predicted octanol–water partition coefficient (Wildman–Crippen LogP) is 3.51. The SMILES string of the molecule is O=C(NCC1CC1)c1cc([N+](=O)[O-])ccc1N1CCC(C(F)(F)F)CC1. The van der Waals surface area contributed by atoms with Crippen molar-refractivity contribution < 1.29 is 22.9 Å². The fraction of sp³-hybridized carbons (Fsp3) is 0.588. The van der Waals surface area contributed by atoms with Crippen LogP contribution in [-0.4, -0.2) is 36.6 Å². The highest BCUT2D eigenvalue weighted by molar-refractivity contribution is 6.00. The minimum atomic E-state index is -4.22. The summed E-state index contributed by atoms with van der Waals surface area (Å²) in [5, 5.41) is 13.8. The molecule has 0 bridgehead atoms. The maximum absolute atomic E-state index is 12.8. The summed E-state index contributed by atoms with van der Waals surface area (Å²) in [5.41, 5.74) is 0.380. The molecule has 1 heterocycles. The van der Waals surface area contributed by atoms with Crippen molar-refractivity contribution in [1.82, 2.24) is 5.32 Å². The van der Waals surface area contributed by atoms with Crippen molar-refractivity contribution >= 4 is 17.3 Å². The number of nitrogens with zero attached hydrogens (tertiary/aromatic N) is 2. The quantitative estimate of drug-likeness (QED) is 0.635. The number of amides is 1. The van der Waals surface area contributed by atoms with Gasteiger partial charge in [-0.3, -0.25) is 14.9 Å². The molecule has 1 aromatic rings. The number of hydrogen-bond acceptors (Lipinski definition) is 4. The van der Waals surface area contributed by atoms with Crippen LogP contribution in [0.5, 0.6) is 0 Å². The fourth-order valence-electron chi connectivity index (χ4n) is 3.20. The molecular weight excluding hydrogens is 351 g/mol. The summed E-state index contributed by atoms with van der Waals surface area (Å²) in [6.45, 7) is 0.826. The Kier molecular flexibility index (Phi) is 5.06. The van der Waals surface area contributed by atoms with Crippen molar-refractivity contribution in [2.24, 2.45) is 11.8 Å². The molecule has 2 fully saturated rings. The molecule has 1 aromatic carbocycles. The average Bonchev–Trinajstić information content (AvgIpc) is 3.43. The summed E-state index contributed by atoms with van der Waals surface area (Å²) in [7, 11) is 0. The molecule has 142 valence electrons. The topological polar surface area (TPSA) is 75.5 Å². The number of nitrogens with one attached hydrogen (secondary N) is 1. The first-order valence-corrected chi connectivity index (χ1v) is 8.64. The van der Waals surface area contributed by atoms with Crippen LogP contribution in [0, 0.1) is 22.0 Å². The number of non-ortho nitro benzene ring substituents is 1. The van der Waals surface area contributed by atoms with E-state index in [1.807, 2.05) is 0 Å². The molecule has 0 unspecified atom stereocenters. The van der Waals surface area contributed by atoms with Crippen molar-refractivity contribution in [3.8, 4) is 0 Å². The van der Waals surface area contributed by atoms with Crippen LogP contribution in [-0.2, 0) is 0 Å². The van der Waals surface area contributed by atoms with Crippen molar-refractivity contribution in [2.45, 2.75) is 31.9 Å². The first kappa shape index (κ1) is 18.5. The Labute approximate surface area is 148 Å². The second-order valence-electron chi connectivity index (χ2n) is 6.91. The number of halogens is 3. The van der Waals surface area contributed by atoms with Crippen LogP contribution in [0.4, 0.5) is 24.5 Å². The standard InChI is InChI=1S/C17H20F3N3O3/c18-17(19,20)12-5-7-22(8-6-12)15-4-3-13(23(25)26)9-14(15)16(24)21-10-11-1-2-11/h3-4,9,11-12H,1-2,5-8,10H2,(H,21,24). The zero-order chi connectivity index (χ0) is 18.9. The van der Waals surface area contributed by atoms with E-state index in [4.69, 9.17) is 0 Å². The Morgan fingerprint density at radius 1 is 1.23 bits per heavy atom. The third-order valence-corrected chi connectivity index (χ3v) is 4.98. The van der Waals surface area contributed by atoms with Crippen molar-refractivity contribution in [3.05, 3.63) is 33.9 Å². The van der Waals surface area contributed by atoms with Crippen molar-refractivity contribution in [2.75, 3.05) is 24.5 Å². The number of hydrogen-bond donors (Lipinski definition) is 1. The summed E-state index contributed by atoms with van der Waals surface area (Å²) in [5.74, 6) is -1.32. The van der Waals surface area contributed by atoms with Crippen LogP contribution >= 0.6 is 0 Å². The summed E-state index contributed by atoms with van der Waals surface area (Å²) in [4.78, 5) is 24.6. The molecule has 1 N–H and O–H groups in total. The van der Waals surface area contributed by atoms with Gasteiger partial charge in [0.05, 0.1) is 22.1 Å². The minimum Gasteiger partial charge on any atom is -0.371 e. The molecule has 6 nitrogen and oxygen atoms in total. The molecule has 26 heavy (non-hydrogen) atoms. The Morgan fingerprint density at radius 3 is 2.42 bits per heavy atom. The maximum Gasteiger partial charge on any atom is 0.391 e. The molecule has 0 aromatic heterocycles. The van der Waals surface area contributed by atoms with Crippen LogP contribution in [0.15, 0.2) is 18.2 Å². The summed E-state index contributed by atoms with van der Waals surface area (Å²) in [6, 6.07) is 3.94. The highest BCUT2D eigenvalue weighted by Crippen LogP contribution is 2.36. The number of nitro groups is 1. The van der Waals surface area contributed by atoms with Gasteiger partial charge in [0.25, 0.3) is 11.6 Å². The fourth-order valence-corrected chi connectivity index (χ4v) is 3.20. The molecule has 3 rings (SSSR count). The Bertz CT molecular complexity index is 696. The van der Waals surface area contributed by atoms with Crippen molar-refractivity contribution in [3.63, 3.8) is 0 Å². The molecule has 1 saturated carbocycles. The van der Waals surface area contributed by atoms with E-state index in [9.17, 15) is 28.1 Å². The first-order chi connectivity index (χ1) is 12.3. The van der Waals surface area contributed by atoms with Gasteiger partial charge in [0, 0.05) is 31.8 Å². The van der Waals surface area contributed by atoms with Gasteiger partial charge in [-0.2, -0.15) is 13.2 Å². The molecule has 0 radical (unpaired) electrons. The van der Waals surface area contributed by atoms with Crippen LogP contribution in [0.3, 0.4) is 0 Å². The molecule has 1 saturated heterocycles. The molecule has 1 amide bonds. The van der Waals surface area contributed by atoms with Crippen molar-refractivity contribution in [1.29, 1.82) is 0 Å². The summed E-state index contributed by atoms with van der Waals surface area (Å²) < 4.78 is 38.5. The Hall–Kier alpha value is -2.32. The lowest BCUT2D eigenvalue weighted by molar-refractivity contribution is -0.384. The largest absolute Gasteiger partial charge is 0.391 e. The lowest BCUT2D eigenvalue weighted by atomic mass is 9.95. The average molecular weight is 371 g/mol. The third kappa shape index (κ3) is 4.25. The van der Waals surface area contributed by atoms with E-state index in [-0.39, 0.29) is 37.2 Å². The van der Waals surface area contributed by atoms with Gasteiger partial charge in [-0.15, -0.1) is 0 Å². The number of carbonyl (C=O) groups is 1. The number of nitro benzene ring substituents is 1. The van der Waals surface area contributed by atoms with Gasteiger partial charge in [-0.05, 0) is 37.7 Å². The van der Waals surface area contributed by atoms with Gasteiger partial charge >= 0.3 is 6.18 Å². The van der Waals surface area contributed by atoms with Gasteiger partial charge in [0.15, 0.2) is 0 Å². The number of rotatable bonds is 5. The molecule has 1 aliphatic heterocycles. The highest BCUT2D eigenvalue weighted by Gasteiger charge is 2.41. The molecule has 9 heteroatoms. The predicted molar refractivity (Wildman–Crippen MR) is 89.1 cm³/mol. The lowest BCUT2D eigenvalue weighted by Crippen LogP contribution is -2.40. The number of carbonyl (C=O) groups excluding carboxylic acids is 1. The van der Waals surface area contributed by atoms with Crippen LogP contribution in [0.1, 0.15) is 36.0 Å². The summed E-state index contributed by atoms with van der Waals surface area (Å²) in [6.07, 6.45) is -2.22. The van der Waals surface area contributed by atoms with Gasteiger partial charge in [-0.25, -0.2) is 0 Å². The molecule has 2 aliphatic rings. The summed E-state index contributed by atoms with van der Waals surface area (Å²) >= 11 is 0. The molecule has 0 atom stereocenters. The molecule has 0 spiro atoms. The lowest BCUT2D eigenvalue weighted by Gasteiger charge is -2.35. The van der Waals surface area contributed by atoms with E-state index < -0.39 is 22.9 Å². The van der Waals surface area contributed by atoms with Crippen LogP contribution < -0.4 is 10.2 Å². The smallest absolute Gasteiger partial charge is 0.371 e. The van der Waals surface area contributed by atoms with Gasteiger partial charge in [-0.1, -0.05) is 0 Å². The number of alkyl halides is 3. The zero-order valence-electron chi connectivity index (χ0n) is 14.1. The second-order valence-corrected chi connectivity index (χ2v) is 6.91. The molecular formula is C17H20F3N3O3. The van der Waals surface area contributed by atoms with E-state index in [2.05, 4.69) is 5.32 Å². The monoisotopic (exact) mass is 371 g/mol. The maximum atomic E-state index is 12.8. The minimum absolute atomic E-state index is 0.0520. The first-order valence-electron chi connectivity index (χ1n) is 8.64. The van der Waals surface area contributed by atoms with Gasteiger partial charge in [0.1, 0.15) is 0 Å². The van der Waals surface area contributed by atoms with Crippen LogP contribution in [0.2, 0.25) is 0 Å². The van der Waals surface area contributed by atoms with E-state index in [1.54, 1.807) is 4.90 Å². The third-order valence-electron chi connectivity index (χ3n) is 4.98. The number of benzene rings is 1. The Balaban J connectivity index is 1.79. The number of piperidine rings is 1. The highest BCUT2D eigenvalue weighted by atomic mass is 19.4. The molecule has 1 aliphatic carbocycles. The van der Waals surface area contributed by atoms with E-state index >= 15 is 0 Å².